The molecule has 1 N–H and O–H groups in total. The molecule has 0 spiro atoms. The topological polar surface area (TPSA) is 51.3 Å². The first-order valence-electron chi connectivity index (χ1n) is 7.73. The zero-order chi connectivity index (χ0) is 15.8. The lowest BCUT2D eigenvalue weighted by Crippen LogP contribution is -3.12. The first kappa shape index (κ1) is 14.1. The van der Waals surface area contributed by atoms with Crippen molar-refractivity contribution in [2.24, 2.45) is 0 Å². The van der Waals surface area contributed by atoms with Crippen LogP contribution in [0.1, 0.15) is 0 Å². The molecule has 4 rings (SSSR count). The smallest absolute Gasteiger partial charge is 0.168 e. The lowest BCUT2D eigenvalue weighted by atomic mass is 10.3. The van der Waals surface area contributed by atoms with Crippen LogP contribution in [0.3, 0.4) is 0 Å². The third kappa shape index (κ3) is 2.53. The minimum atomic E-state index is -0.263. The van der Waals surface area contributed by atoms with Gasteiger partial charge in [-0.1, -0.05) is 0 Å². The van der Waals surface area contributed by atoms with Gasteiger partial charge in [0, 0.05) is 0 Å². The molecule has 1 fully saturated rings. The number of likely N-dealkylation sites (N-methyl/N-ethyl adjacent to an activating group) is 1. The fraction of sp³-hybridized carbons (Fsp3) is 0.312. The number of benzene rings is 1. The highest BCUT2D eigenvalue weighted by Gasteiger charge is 2.21. The number of quaternary nitrogens is 1. The van der Waals surface area contributed by atoms with Crippen molar-refractivity contribution in [2.45, 2.75) is 0 Å². The molecular formula is C16H18FN6+. The van der Waals surface area contributed by atoms with E-state index in [4.69, 9.17) is 0 Å². The van der Waals surface area contributed by atoms with Crippen LogP contribution in [0.25, 0.3) is 16.7 Å². The van der Waals surface area contributed by atoms with Crippen LogP contribution >= 0.6 is 0 Å². The Kier molecular flexibility index (Phi) is 3.42. The highest BCUT2D eigenvalue weighted by molar-refractivity contribution is 5.87. The van der Waals surface area contributed by atoms with Crippen LogP contribution in [0.2, 0.25) is 0 Å². The van der Waals surface area contributed by atoms with Crippen LogP contribution in [-0.4, -0.2) is 53.0 Å². The van der Waals surface area contributed by atoms with Gasteiger partial charge in [-0.3, -0.25) is 0 Å². The summed E-state index contributed by atoms with van der Waals surface area (Å²) in [5, 5.41) is 5.35. The number of fused-ring (bicyclic) bond motifs is 1. The van der Waals surface area contributed by atoms with E-state index in [9.17, 15) is 4.39 Å². The van der Waals surface area contributed by atoms with Crippen LogP contribution in [0.15, 0.2) is 36.8 Å². The third-order valence-electron chi connectivity index (χ3n) is 4.33. The van der Waals surface area contributed by atoms with Crippen molar-refractivity contribution in [2.75, 3.05) is 38.1 Å². The van der Waals surface area contributed by atoms with E-state index in [2.05, 4.69) is 27.0 Å². The van der Waals surface area contributed by atoms with E-state index in [1.807, 2.05) is 0 Å². The van der Waals surface area contributed by atoms with Gasteiger partial charge in [0.1, 0.15) is 18.0 Å². The Balaban J connectivity index is 1.76. The fourth-order valence-corrected chi connectivity index (χ4v) is 2.96. The number of rotatable bonds is 2. The van der Waals surface area contributed by atoms with Crippen molar-refractivity contribution in [1.82, 2.24) is 19.7 Å². The number of aromatic nitrogens is 4. The quantitative estimate of drug-likeness (QED) is 0.739. The highest BCUT2D eigenvalue weighted by Crippen LogP contribution is 2.24. The second kappa shape index (κ2) is 5.58. The number of nitrogens with zero attached hydrogens (tertiary/aromatic N) is 5. The summed E-state index contributed by atoms with van der Waals surface area (Å²) in [6.45, 7) is 4.13. The van der Waals surface area contributed by atoms with E-state index in [1.54, 1.807) is 29.3 Å². The highest BCUT2D eigenvalue weighted by atomic mass is 19.1. The molecule has 7 heteroatoms. The van der Waals surface area contributed by atoms with E-state index in [-0.39, 0.29) is 5.82 Å². The molecule has 0 bridgehead atoms. The molecule has 6 nitrogen and oxygen atoms in total. The number of piperazine rings is 1. The first-order valence-corrected chi connectivity index (χ1v) is 7.73. The molecule has 2 aromatic heterocycles. The van der Waals surface area contributed by atoms with Crippen LogP contribution < -0.4 is 9.80 Å². The van der Waals surface area contributed by atoms with E-state index < -0.39 is 0 Å². The molecule has 3 aromatic rings. The third-order valence-corrected chi connectivity index (χ3v) is 4.33. The fourth-order valence-electron chi connectivity index (χ4n) is 2.96. The Morgan fingerprint density at radius 1 is 1.09 bits per heavy atom. The maximum atomic E-state index is 13.1. The van der Waals surface area contributed by atoms with Gasteiger partial charge in [-0.2, -0.15) is 5.10 Å². The average molecular weight is 313 g/mol. The monoisotopic (exact) mass is 313 g/mol. The van der Waals surface area contributed by atoms with Crippen LogP contribution in [0.5, 0.6) is 0 Å². The van der Waals surface area contributed by atoms with Gasteiger partial charge in [0.2, 0.25) is 0 Å². The predicted octanol–water partition coefficient (Wildman–Crippen LogP) is 0.289. The van der Waals surface area contributed by atoms with Crippen molar-refractivity contribution in [3.8, 4) is 5.69 Å². The zero-order valence-corrected chi connectivity index (χ0v) is 12.9. The summed E-state index contributed by atoms with van der Waals surface area (Å²) < 4.78 is 14.8. The number of anilines is 1. The zero-order valence-electron chi connectivity index (χ0n) is 12.9. The van der Waals surface area contributed by atoms with Crippen molar-refractivity contribution in [1.29, 1.82) is 0 Å². The number of nitrogens with one attached hydrogen (secondary N) is 1. The minimum absolute atomic E-state index is 0.263. The Morgan fingerprint density at radius 2 is 1.83 bits per heavy atom. The molecule has 1 aliphatic rings. The van der Waals surface area contributed by atoms with Crippen LogP contribution in [0.4, 0.5) is 10.2 Å². The van der Waals surface area contributed by atoms with E-state index in [0.717, 1.165) is 48.7 Å². The lowest BCUT2D eigenvalue weighted by Gasteiger charge is -2.30. The van der Waals surface area contributed by atoms with Crippen LogP contribution in [-0.2, 0) is 0 Å². The van der Waals surface area contributed by atoms with Gasteiger partial charge in [-0.05, 0) is 24.3 Å². The summed E-state index contributed by atoms with van der Waals surface area (Å²) in [5.74, 6) is 0.663. The summed E-state index contributed by atoms with van der Waals surface area (Å²) in [7, 11) is 2.21. The van der Waals surface area contributed by atoms with Gasteiger partial charge in [-0.15, -0.1) is 0 Å². The Hall–Kier alpha value is -2.54. The molecular weight excluding hydrogens is 295 g/mol. The SMILES string of the molecule is C[NH+]1CCN(c2ncnc3c2cnn3-c2ccc(F)cc2)CC1. The molecule has 0 amide bonds. The van der Waals surface area contributed by atoms with E-state index in [0.29, 0.717) is 0 Å². The summed E-state index contributed by atoms with van der Waals surface area (Å²) >= 11 is 0. The number of hydrogen-bond donors (Lipinski definition) is 1. The first-order chi connectivity index (χ1) is 11.2. The van der Waals surface area contributed by atoms with Gasteiger partial charge in [0.15, 0.2) is 5.65 Å². The Bertz CT molecular complexity index is 820. The van der Waals surface area contributed by atoms with Gasteiger partial charge in [0.25, 0.3) is 0 Å². The van der Waals surface area contributed by atoms with Crippen LogP contribution in [0, 0.1) is 5.82 Å². The summed E-state index contributed by atoms with van der Waals surface area (Å²) in [4.78, 5) is 12.7. The standard InChI is InChI=1S/C16H17FN6/c1-21-6-8-22(9-7-21)15-14-10-20-23(16(14)19-11-18-15)13-4-2-12(17)3-5-13/h2-5,10-11H,6-9H2,1H3/p+1. The summed E-state index contributed by atoms with van der Waals surface area (Å²) in [6, 6.07) is 6.24. The van der Waals surface area contributed by atoms with E-state index >= 15 is 0 Å². The molecule has 118 valence electrons. The van der Waals surface area contributed by atoms with Gasteiger partial charge in [-0.25, -0.2) is 19.0 Å². The molecule has 0 unspecified atom stereocenters. The summed E-state index contributed by atoms with van der Waals surface area (Å²) in [5.41, 5.74) is 1.53. The molecule has 1 saturated heterocycles. The molecule has 23 heavy (non-hydrogen) atoms. The predicted molar refractivity (Wildman–Crippen MR) is 85.5 cm³/mol. The molecule has 0 radical (unpaired) electrons. The maximum absolute atomic E-state index is 13.1. The van der Waals surface area contributed by atoms with E-state index in [1.165, 1.54) is 17.0 Å². The van der Waals surface area contributed by atoms with Crippen molar-refractivity contribution >= 4 is 16.9 Å². The minimum Gasteiger partial charge on any atom is -0.345 e. The lowest BCUT2D eigenvalue weighted by molar-refractivity contribution is -0.880. The number of halogens is 1. The molecule has 1 aromatic carbocycles. The summed E-state index contributed by atoms with van der Waals surface area (Å²) in [6.07, 6.45) is 3.36. The van der Waals surface area contributed by atoms with Crippen molar-refractivity contribution in [3.05, 3.63) is 42.6 Å². The normalized spacial score (nSPS) is 16.2. The molecule has 0 aliphatic carbocycles. The van der Waals surface area contributed by atoms with Gasteiger partial charge >= 0.3 is 0 Å². The average Bonchev–Trinajstić information content (AvgIpc) is 3.00. The van der Waals surface area contributed by atoms with Gasteiger partial charge in [0.05, 0.1) is 50.5 Å². The Morgan fingerprint density at radius 3 is 2.57 bits per heavy atom. The molecule has 0 saturated carbocycles. The number of hydrogen-bond acceptors (Lipinski definition) is 4. The Labute approximate surface area is 133 Å². The molecule has 0 atom stereocenters. The molecule has 1 aliphatic heterocycles. The second-order valence-corrected chi connectivity index (χ2v) is 5.91. The molecule has 3 heterocycles. The van der Waals surface area contributed by atoms with Gasteiger partial charge < -0.3 is 9.80 Å². The van der Waals surface area contributed by atoms with Crippen molar-refractivity contribution < 1.29 is 9.29 Å². The second-order valence-electron chi connectivity index (χ2n) is 5.91. The largest absolute Gasteiger partial charge is 0.345 e. The van der Waals surface area contributed by atoms with Crippen molar-refractivity contribution in [3.63, 3.8) is 0 Å². The maximum Gasteiger partial charge on any atom is 0.168 e.